The van der Waals surface area contributed by atoms with Gasteiger partial charge in [-0.05, 0) is 38.1 Å². The van der Waals surface area contributed by atoms with Crippen LogP contribution in [0.15, 0.2) is 53.7 Å². The Morgan fingerprint density at radius 3 is 2.96 bits per heavy atom. The molecule has 0 unspecified atom stereocenters. The van der Waals surface area contributed by atoms with Crippen LogP contribution in [0.25, 0.3) is 0 Å². The van der Waals surface area contributed by atoms with Crippen LogP contribution in [0, 0.1) is 6.92 Å². The molecule has 2 heterocycles. The number of pyridine rings is 1. The molecule has 25 heavy (non-hydrogen) atoms. The zero-order valence-corrected chi connectivity index (χ0v) is 14.2. The lowest BCUT2D eigenvalue weighted by atomic mass is 10.1. The van der Waals surface area contributed by atoms with Gasteiger partial charge in [-0.25, -0.2) is 9.78 Å². The summed E-state index contributed by atoms with van der Waals surface area (Å²) in [4.78, 5) is 20.5. The summed E-state index contributed by atoms with van der Waals surface area (Å²) in [7, 11) is 0. The average molecular weight is 337 g/mol. The van der Waals surface area contributed by atoms with Crippen molar-refractivity contribution < 1.29 is 14.3 Å². The van der Waals surface area contributed by atoms with Gasteiger partial charge in [0.25, 0.3) is 0 Å². The molecule has 128 valence electrons. The minimum absolute atomic E-state index is 0.334. The number of anilines is 1. The van der Waals surface area contributed by atoms with Gasteiger partial charge < -0.3 is 14.8 Å². The highest BCUT2D eigenvalue weighted by Gasteiger charge is 2.14. The molecule has 1 aromatic carbocycles. The maximum Gasteiger partial charge on any atom is 0.338 e. The predicted octanol–water partition coefficient (Wildman–Crippen LogP) is 3.74. The minimum atomic E-state index is -0.353. The average Bonchev–Trinajstić information content (AvgIpc) is 3.10. The lowest BCUT2D eigenvalue weighted by Crippen LogP contribution is -2.08. The Kier molecular flexibility index (Phi) is 5.09. The van der Waals surface area contributed by atoms with E-state index in [1.54, 1.807) is 37.4 Å². The van der Waals surface area contributed by atoms with E-state index in [1.807, 2.05) is 25.1 Å². The van der Waals surface area contributed by atoms with E-state index in [-0.39, 0.29) is 5.97 Å². The van der Waals surface area contributed by atoms with Gasteiger partial charge in [0.1, 0.15) is 23.2 Å². The van der Waals surface area contributed by atoms with Gasteiger partial charge >= 0.3 is 5.97 Å². The Hall–Kier alpha value is -3.15. The van der Waals surface area contributed by atoms with Gasteiger partial charge in [0.2, 0.25) is 0 Å². The molecule has 0 radical (unpaired) electrons. The van der Waals surface area contributed by atoms with Crippen LogP contribution in [-0.4, -0.2) is 29.9 Å². The van der Waals surface area contributed by atoms with Crippen LogP contribution in [0.1, 0.15) is 22.8 Å². The zero-order chi connectivity index (χ0) is 17.6. The van der Waals surface area contributed by atoms with E-state index < -0.39 is 0 Å². The second-order valence-corrected chi connectivity index (χ2v) is 5.38. The summed E-state index contributed by atoms with van der Waals surface area (Å²) < 4.78 is 11.0. The SMILES string of the molecule is CCOC(=O)c1cccc(Oc2ccnc(NC3=NCC=C3)c2)c1C. The monoisotopic (exact) mass is 337 g/mol. The summed E-state index contributed by atoms with van der Waals surface area (Å²) in [5.74, 6) is 2.27. The summed E-state index contributed by atoms with van der Waals surface area (Å²) in [6.45, 7) is 4.63. The number of carbonyl (C=O) groups is 1. The highest BCUT2D eigenvalue weighted by molar-refractivity contribution is 6.04. The fourth-order valence-electron chi connectivity index (χ4n) is 2.41. The first kappa shape index (κ1) is 16.7. The summed E-state index contributed by atoms with van der Waals surface area (Å²) in [5.41, 5.74) is 1.23. The van der Waals surface area contributed by atoms with Gasteiger partial charge in [0.05, 0.1) is 18.7 Å². The number of amidine groups is 1. The molecular weight excluding hydrogens is 318 g/mol. The molecule has 0 aliphatic carbocycles. The molecule has 0 spiro atoms. The number of aliphatic imine (C=N–C) groups is 1. The Morgan fingerprint density at radius 1 is 1.32 bits per heavy atom. The van der Waals surface area contributed by atoms with E-state index in [0.29, 0.717) is 36.0 Å². The molecule has 3 rings (SSSR count). The lowest BCUT2D eigenvalue weighted by Gasteiger charge is -2.12. The van der Waals surface area contributed by atoms with Gasteiger partial charge in [-0.2, -0.15) is 0 Å². The topological polar surface area (TPSA) is 72.8 Å². The second-order valence-electron chi connectivity index (χ2n) is 5.38. The third-order valence-electron chi connectivity index (χ3n) is 3.64. The molecular formula is C19H19N3O3. The Labute approximate surface area is 146 Å². The summed E-state index contributed by atoms with van der Waals surface area (Å²) in [6.07, 6.45) is 5.52. The fraction of sp³-hybridized carbons (Fsp3) is 0.211. The molecule has 0 saturated carbocycles. The van der Waals surface area contributed by atoms with E-state index in [2.05, 4.69) is 15.3 Å². The van der Waals surface area contributed by atoms with Crippen LogP contribution in [0.5, 0.6) is 11.5 Å². The molecule has 1 aliphatic heterocycles. The fourth-order valence-corrected chi connectivity index (χ4v) is 2.41. The van der Waals surface area contributed by atoms with Crippen molar-refractivity contribution in [2.24, 2.45) is 4.99 Å². The van der Waals surface area contributed by atoms with E-state index >= 15 is 0 Å². The van der Waals surface area contributed by atoms with Crippen molar-refractivity contribution in [3.05, 3.63) is 59.8 Å². The van der Waals surface area contributed by atoms with Crippen molar-refractivity contribution in [1.29, 1.82) is 0 Å². The normalized spacial score (nSPS) is 12.6. The van der Waals surface area contributed by atoms with Gasteiger partial charge in [-0.15, -0.1) is 0 Å². The number of nitrogens with one attached hydrogen (secondary N) is 1. The van der Waals surface area contributed by atoms with Crippen molar-refractivity contribution in [3.63, 3.8) is 0 Å². The van der Waals surface area contributed by atoms with Crippen molar-refractivity contribution in [2.45, 2.75) is 13.8 Å². The summed E-state index contributed by atoms with van der Waals surface area (Å²) in [6, 6.07) is 8.85. The van der Waals surface area contributed by atoms with Gasteiger partial charge in [0.15, 0.2) is 0 Å². The molecule has 6 nitrogen and oxygen atoms in total. The quantitative estimate of drug-likeness (QED) is 0.842. The maximum absolute atomic E-state index is 12.0. The molecule has 1 N–H and O–H groups in total. The van der Waals surface area contributed by atoms with E-state index in [1.165, 1.54) is 0 Å². The first-order valence-electron chi connectivity index (χ1n) is 8.06. The molecule has 0 amide bonds. The summed E-state index contributed by atoms with van der Waals surface area (Å²) >= 11 is 0. The smallest absolute Gasteiger partial charge is 0.338 e. The van der Waals surface area contributed by atoms with Crippen LogP contribution >= 0.6 is 0 Å². The summed E-state index contributed by atoms with van der Waals surface area (Å²) in [5, 5.41) is 3.13. The Balaban J connectivity index is 1.79. The number of nitrogens with zero attached hydrogens (tertiary/aromatic N) is 2. The number of ether oxygens (including phenoxy) is 2. The van der Waals surface area contributed by atoms with E-state index in [9.17, 15) is 4.79 Å². The van der Waals surface area contributed by atoms with E-state index in [0.717, 1.165) is 11.4 Å². The molecule has 6 heteroatoms. The van der Waals surface area contributed by atoms with Crippen LogP contribution in [0.4, 0.5) is 5.82 Å². The van der Waals surface area contributed by atoms with Crippen LogP contribution in [0.3, 0.4) is 0 Å². The third-order valence-corrected chi connectivity index (χ3v) is 3.64. The number of esters is 1. The lowest BCUT2D eigenvalue weighted by molar-refractivity contribution is 0.0525. The van der Waals surface area contributed by atoms with Gasteiger partial charge in [0, 0.05) is 17.8 Å². The molecule has 1 aromatic heterocycles. The zero-order valence-electron chi connectivity index (χ0n) is 14.2. The van der Waals surface area contributed by atoms with Crippen molar-refractivity contribution in [2.75, 3.05) is 18.5 Å². The van der Waals surface area contributed by atoms with Crippen molar-refractivity contribution in [1.82, 2.24) is 4.98 Å². The molecule has 1 aliphatic rings. The molecule has 0 atom stereocenters. The maximum atomic E-state index is 12.0. The van der Waals surface area contributed by atoms with Crippen molar-refractivity contribution in [3.8, 4) is 11.5 Å². The number of hydrogen-bond acceptors (Lipinski definition) is 6. The first-order valence-corrected chi connectivity index (χ1v) is 8.06. The minimum Gasteiger partial charge on any atom is -0.462 e. The predicted molar refractivity (Wildman–Crippen MR) is 96.5 cm³/mol. The Morgan fingerprint density at radius 2 is 2.20 bits per heavy atom. The number of hydrogen-bond donors (Lipinski definition) is 1. The van der Waals surface area contributed by atoms with Crippen LogP contribution in [0.2, 0.25) is 0 Å². The van der Waals surface area contributed by atoms with Crippen LogP contribution < -0.4 is 10.1 Å². The molecule has 0 saturated heterocycles. The number of benzene rings is 1. The Bertz CT molecular complexity index is 844. The van der Waals surface area contributed by atoms with E-state index in [4.69, 9.17) is 9.47 Å². The highest BCUT2D eigenvalue weighted by Crippen LogP contribution is 2.28. The standard InChI is InChI=1S/C19H19N3O3/c1-3-24-19(23)15-6-4-7-16(13(15)2)25-14-9-11-21-18(12-14)22-17-8-5-10-20-17/h4-9,11-12H,3,10H2,1-2H3,(H,20,21,22). The molecule has 2 aromatic rings. The van der Waals surface area contributed by atoms with Gasteiger partial charge in [-0.3, -0.25) is 4.99 Å². The number of aromatic nitrogens is 1. The van der Waals surface area contributed by atoms with Crippen LogP contribution in [-0.2, 0) is 4.74 Å². The number of rotatable bonds is 5. The highest BCUT2D eigenvalue weighted by atomic mass is 16.5. The molecule has 0 fully saturated rings. The third kappa shape index (κ3) is 4.03. The second kappa shape index (κ2) is 7.61. The molecule has 0 bridgehead atoms. The van der Waals surface area contributed by atoms with Crippen molar-refractivity contribution >= 4 is 17.6 Å². The van der Waals surface area contributed by atoms with Gasteiger partial charge in [-0.1, -0.05) is 12.1 Å². The first-order chi connectivity index (χ1) is 12.2. The largest absolute Gasteiger partial charge is 0.462 e. The number of carbonyl (C=O) groups excluding carboxylic acids is 1.